The number of fused-ring (bicyclic) bond motifs is 1. The zero-order valence-corrected chi connectivity index (χ0v) is 8.38. The molecule has 7 heteroatoms. The zero-order chi connectivity index (χ0) is 11.8. The van der Waals surface area contributed by atoms with Gasteiger partial charge in [0.1, 0.15) is 10.7 Å². The average molecular weight is 249 g/mol. The highest BCUT2D eigenvalue weighted by molar-refractivity contribution is 6.29. The maximum absolute atomic E-state index is 12.1. The molecule has 1 heterocycles. The van der Waals surface area contributed by atoms with Crippen molar-refractivity contribution < 1.29 is 17.9 Å². The number of para-hydroxylation sites is 1. The molecule has 0 aliphatic heterocycles. The molecule has 0 spiro atoms. The fourth-order valence-corrected chi connectivity index (χ4v) is 1.33. The third-order valence-electron chi connectivity index (χ3n) is 1.73. The Morgan fingerprint density at radius 2 is 2.00 bits per heavy atom. The molecule has 0 saturated carbocycles. The smallest absolute Gasteiger partial charge is 0.403 e. The molecular weight excluding hydrogens is 245 g/mol. The molecule has 2 rings (SSSR count). The molecule has 0 aliphatic carbocycles. The Labute approximate surface area is 92.8 Å². The third kappa shape index (κ3) is 2.33. The van der Waals surface area contributed by atoms with Crippen molar-refractivity contribution in [2.75, 3.05) is 0 Å². The van der Waals surface area contributed by atoms with E-state index in [0.29, 0.717) is 0 Å². The molecule has 0 aliphatic rings. The fourth-order valence-electron chi connectivity index (χ4n) is 1.19. The quantitative estimate of drug-likeness (QED) is 0.777. The fraction of sp³-hybridized carbons (Fsp3) is 0.111. The van der Waals surface area contributed by atoms with Crippen LogP contribution in [0.2, 0.25) is 5.15 Å². The van der Waals surface area contributed by atoms with Crippen molar-refractivity contribution in [2.24, 2.45) is 0 Å². The summed E-state index contributed by atoms with van der Waals surface area (Å²) in [5.74, 6) is -0.417. The highest BCUT2D eigenvalue weighted by atomic mass is 35.5. The van der Waals surface area contributed by atoms with Crippen LogP contribution in [0.4, 0.5) is 13.2 Å². The summed E-state index contributed by atoms with van der Waals surface area (Å²) in [6.45, 7) is 0. The molecule has 3 nitrogen and oxygen atoms in total. The van der Waals surface area contributed by atoms with E-state index in [0.717, 1.165) is 6.07 Å². The van der Waals surface area contributed by atoms with E-state index in [2.05, 4.69) is 14.7 Å². The van der Waals surface area contributed by atoms with Gasteiger partial charge in [-0.25, -0.2) is 4.98 Å². The van der Waals surface area contributed by atoms with Crippen LogP contribution in [0.5, 0.6) is 5.75 Å². The predicted molar refractivity (Wildman–Crippen MR) is 51.2 cm³/mol. The predicted octanol–water partition coefficient (Wildman–Crippen LogP) is 3.18. The lowest BCUT2D eigenvalue weighted by Crippen LogP contribution is -2.17. The first-order chi connectivity index (χ1) is 7.46. The Bertz CT molecular complexity index is 530. The molecule has 0 radical (unpaired) electrons. The van der Waals surface area contributed by atoms with E-state index >= 15 is 0 Å². The number of benzene rings is 1. The van der Waals surface area contributed by atoms with E-state index in [4.69, 9.17) is 11.6 Å². The summed E-state index contributed by atoms with van der Waals surface area (Å²) in [5.41, 5.74) is 0.262. The number of alkyl halides is 3. The number of nitrogens with zero attached hydrogens (tertiary/aromatic N) is 2. The second-order valence-electron chi connectivity index (χ2n) is 2.86. The van der Waals surface area contributed by atoms with Gasteiger partial charge >= 0.3 is 6.36 Å². The summed E-state index contributed by atoms with van der Waals surface area (Å²) in [6, 6.07) is 4.06. The van der Waals surface area contributed by atoms with Crippen molar-refractivity contribution in [3.05, 3.63) is 29.5 Å². The van der Waals surface area contributed by atoms with E-state index in [1.807, 2.05) is 0 Å². The van der Waals surface area contributed by atoms with Crippen LogP contribution in [0, 0.1) is 0 Å². The Balaban J connectivity index is 2.56. The Hall–Kier alpha value is -1.56. The molecule has 2 aromatic rings. The number of hydrogen-bond acceptors (Lipinski definition) is 3. The van der Waals surface area contributed by atoms with E-state index in [1.165, 1.54) is 18.3 Å². The van der Waals surface area contributed by atoms with E-state index in [9.17, 15) is 13.2 Å². The van der Waals surface area contributed by atoms with Crippen LogP contribution in [-0.4, -0.2) is 16.3 Å². The lowest BCUT2D eigenvalue weighted by Gasteiger charge is -2.10. The van der Waals surface area contributed by atoms with Crippen molar-refractivity contribution in [3.63, 3.8) is 0 Å². The maximum Gasteiger partial charge on any atom is 0.573 e. The minimum Gasteiger partial charge on any atom is -0.403 e. The standard InChI is InChI=1S/C9H4ClF3N2O/c10-7-4-14-5-2-1-3-6(8(5)15-7)16-9(11,12)13/h1-4H. The van der Waals surface area contributed by atoms with E-state index in [1.54, 1.807) is 0 Å². The van der Waals surface area contributed by atoms with Gasteiger partial charge in [-0.1, -0.05) is 17.7 Å². The van der Waals surface area contributed by atoms with Gasteiger partial charge in [0.05, 0.1) is 11.7 Å². The molecule has 0 atom stereocenters. The lowest BCUT2D eigenvalue weighted by atomic mass is 10.3. The Morgan fingerprint density at radius 1 is 1.25 bits per heavy atom. The van der Waals surface area contributed by atoms with Gasteiger partial charge in [-0.3, -0.25) is 4.98 Å². The molecular formula is C9H4ClF3N2O. The first-order valence-electron chi connectivity index (χ1n) is 4.13. The maximum atomic E-state index is 12.1. The molecule has 0 fully saturated rings. The van der Waals surface area contributed by atoms with Gasteiger partial charge in [-0.15, -0.1) is 13.2 Å². The lowest BCUT2D eigenvalue weighted by molar-refractivity contribution is -0.274. The van der Waals surface area contributed by atoms with Crippen molar-refractivity contribution >= 4 is 22.6 Å². The third-order valence-corrected chi connectivity index (χ3v) is 1.91. The van der Waals surface area contributed by atoms with Crippen LogP contribution in [0.3, 0.4) is 0 Å². The van der Waals surface area contributed by atoms with Gasteiger partial charge in [0.15, 0.2) is 5.75 Å². The minimum atomic E-state index is -4.77. The first kappa shape index (κ1) is 10.9. The molecule has 84 valence electrons. The van der Waals surface area contributed by atoms with Crippen LogP contribution < -0.4 is 4.74 Å². The summed E-state index contributed by atoms with van der Waals surface area (Å²) < 4.78 is 40.0. The SMILES string of the molecule is FC(F)(F)Oc1cccc2ncc(Cl)nc12. The number of rotatable bonds is 1. The van der Waals surface area contributed by atoms with Crippen molar-refractivity contribution in [3.8, 4) is 5.75 Å². The Kier molecular flexibility index (Phi) is 2.59. The number of aromatic nitrogens is 2. The van der Waals surface area contributed by atoms with Gasteiger partial charge in [-0.05, 0) is 12.1 Å². The molecule has 0 amide bonds. The van der Waals surface area contributed by atoms with Crippen LogP contribution in [0.15, 0.2) is 24.4 Å². The monoisotopic (exact) mass is 248 g/mol. The van der Waals surface area contributed by atoms with Gasteiger partial charge in [0.25, 0.3) is 0 Å². The second kappa shape index (κ2) is 3.79. The molecule has 0 N–H and O–H groups in total. The van der Waals surface area contributed by atoms with E-state index < -0.39 is 12.1 Å². The molecule has 0 unspecified atom stereocenters. The summed E-state index contributed by atoms with van der Waals surface area (Å²) in [7, 11) is 0. The topological polar surface area (TPSA) is 35.0 Å². The van der Waals surface area contributed by atoms with Gasteiger partial charge in [-0.2, -0.15) is 0 Å². The molecule has 1 aromatic carbocycles. The normalized spacial score (nSPS) is 11.8. The van der Waals surface area contributed by atoms with Crippen LogP contribution in [-0.2, 0) is 0 Å². The van der Waals surface area contributed by atoms with E-state index in [-0.39, 0.29) is 16.2 Å². The highest BCUT2D eigenvalue weighted by Gasteiger charge is 2.32. The van der Waals surface area contributed by atoms with Gasteiger partial charge < -0.3 is 4.74 Å². The van der Waals surface area contributed by atoms with Gasteiger partial charge in [0, 0.05) is 0 Å². The summed E-state index contributed by atoms with van der Waals surface area (Å²) in [6.07, 6.45) is -3.51. The summed E-state index contributed by atoms with van der Waals surface area (Å²) in [4.78, 5) is 7.57. The molecule has 1 aromatic heterocycles. The minimum absolute atomic E-state index is 0.00530. The van der Waals surface area contributed by atoms with Crippen molar-refractivity contribution in [1.82, 2.24) is 9.97 Å². The van der Waals surface area contributed by atoms with Crippen molar-refractivity contribution in [2.45, 2.75) is 6.36 Å². The number of ether oxygens (including phenoxy) is 1. The highest BCUT2D eigenvalue weighted by Crippen LogP contribution is 2.28. The number of halogens is 4. The molecule has 0 bridgehead atoms. The Morgan fingerprint density at radius 3 is 2.69 bits per heavy atom. The average Bonchev–Trinajstić information content (AvgIpc) is 2.17. The summed E-state index contributed by atoms with van der Waals surface area (Å²) >= 11 is 5.55. The first-order valence-corrected chi connectivity index (χ1v) is 4.50. The second-order valence-corrected chi connectivity index (χ2v) is 3.25. The van der Waals surface area contributed by atoms with Gasteiger partial charge in [0.2, 0.25) is 0 Å². The van der Waals surface area contributed by atoms with Crippen LogP contribution >= 0.6 is 11.6 Å². The summed E-state index contributed by atoms with van der Waals surface area (Å²) in [5, 5.41) is 0.00530. The largest absolute Gasteiger partial charge is 0.573 e. The zero-order valence-electron chi connectivity index (χ0n) is 7.62. The van der Waals surface area contributed by atoms with Crippen LogP contribution in [0.25, 0.3) is 11.0 Å². The molecule has 0 saturated heterocycles. The number of hydrogen-bond donors (Lipinski definition) is 0. The molecule has 16 heavy (non-hydrogen) atoms. The van der Waals surface area contributed by atoms with Crippen LogP contribution in [0.1, 0.15) is 0 Å². The van der Waals surface area contributed by atoms with Crippen molar-refractivity contribution in [1.29, 1.82) is 0 Å².